The van der Waals surface area contributed by atoms with Gasteiger partial charge in [0.05, 0.1) is 12.8 Å². The van der Waals surface area contributed by atoms with Crippen LogP contribution in [0.5, 0.6) is 0 Å². The summed E-state index contributed by atoms with van der Waals surface area (Å²) >= 11 is 1.16. The van der Waals surface area contributed by atoms with E-state index in [9.17, 15) is 4.79 Å². The van der Waals surface area contributed by atoms with E-state index in [4.69, 9.17) is 9.52 Å². The Morgan fingerprint density at radius 3 is 2.70 bits per heavy atom. The van der Waals surface area contributed by atoms with Crippen molar-refractivity contribution in [2.45, 2.75) is 23.9 Å². The van der Waals surface area contributed by atoms with Gasteiger partial charge in [-0.15, -0.1) is 10.2 Å². The second-order valence-electron chi connectivity index (χ2n) is 4.95. The third-order valence-electron chi connectivity index (χ3n) is 3.27. The smallest absolute Gasteiger partial charge is 0.316 e. The van der Waals surface area contributed by atoms with Gasteiger partial charge in [0.2, 0.25) is 5.82 Å². The Bertz CT molecular complexity index is 784. The molecule has 0 aliphatic heterocycles. The first-order valence-electron chi connectivity index (χ1n) is 7.05. The van der Waals surface area contributed by atoms with Crippen LogP contribution in [0.3, 0.4) is 0 Å². The second kappa shape index (κ2) is 6.70. The highest BCUT2D eigenvalue weighted by Crippen LogP contribution is 2.28. The molecule has 0 fully saturated rings. The van der Waals surface area contributed by atoms with Gasteiger partial charge >= 0.3 is 5.97 Å². The van der Waals surface area contributed by atoms with Crippen LogP contribution in [0.4, 0.5) is 0 Å². The highest BCUT2D eigenvalue weighted by atomic mass is 32.2. The van der Waals surface area contributed by atoms with Crippen LogP contribution in [-0.4, -0.2) is 31.1 Å². The van der Waals surface area contributed by atoms with Gasteiger partial charge in [0.15, 0.2) is 10.9 Å². The molecule has 0 amide bonds. The van der Waals surface area contributed by atoms with Crippen molar-refractivity contribution in [3.8, 4) is 11.6 Å². The number of hydrogen-bond donors (Lipinski definition) is 1. The number of thioether (sulfide) groups is 1. The molecule has 2 heterocycles. The summed E-state index contributed by atoms with van der Waals surface area (Å²) in [5, 5.41) is 17.4. The summed E-state index contributed by atoms with van der Waals surface area (Å²) in [6, 6.07) is 13.5. The molecule has 0 saturated carbocycles. The van der Waals surface area contributed by atoms with Crippen molar-refractivity contribution < 1.29 is 14.3 Å². The first kappa shape index (κ1) is 15.4. The lowest BCUT2D eigenvalue weighted by Gasteiger charge is -2.10. The number of carbonyl (C=O) groups is 1. The van der Waals surface area contributed by atoms with Crippen molar-refractivity contribution in [2.24, 2.45) is 0 Å². The summed E-state index contributed by atoms with van der Waals surface area (Å²) in [6.07, 6.45) is 1.57. The molecule has 3 aromatic rings. The quantitative estimate of drug-likeness (QED) is 0.700. The molecule has 0 radical (unpaired) electrons. The Kier molecular flexibility index (Phi) is 4.47. The van der Waals surface area contributed by atoms with Crippen LogP contribution in [0.1, 0.15) is 12.5 Å². The lowest BCUT2D eigenvalue weighted by atomic mass is 10.2. The Balaban J connectivity index is 1.98. The van der Waals surface area contributed by atoms with E-state index in [1.165, 1.54) is 0 Å². The van der Waals surface area contributed by atoms with Crippen molar-refractivity contribution in [3.63, 3.8) is 0 Å². The summed E-state index contributed by atoms with van der Waals surface area (Å²) in [4.78, 5) is 11.1. The summed E-state index contributed by atoms with van der Waals surface area (Å²) in [6.45, 7) is 2.17. The normalized spacial score (nSPS) is 12.2. The minimum atomic E-state index is -0.885. The fraction of sp³-hybridized carbons (Fsp3) is 0.188. The van der Waals surface area contributed by atoms with Crippen molar-refractivity contribution >= 4 is 17.7 Å². The number of benzene rings is 1. The van der Waals surface area contributed by atoms with Crippen molar-refractivity contribution in [2.75, 3.05) is 0 Å². The summed E-state index contributed by atoms with van der Waals surface area (Å²) in [7, 11) is 0. The maximum atomic E-state index is 11.1. The summed E-state index contributed by atoms with van der Waals surface area (Å²) in [5.41, 5.74) is 1.07. The molecule has 7 heteroatoms. The molecule has 1 atom stereocenters. The van der Waals surface area contributed by atoms with E-state index in [0.29, 0.717) is 23.3 Å². The predicted octanol–water partition coefficient (Wildman–Crippen LogP) is 3.15. The average Bonchev–Trinajstić information content (AvgIpc) is 3.19. The Morgan fingerprint density at radius 1 is 1.26 bits per heavy atom. The first-order valence-corrected chi connectivity index (χ1v) is 7.93. The molecule has 3 rings (SSSR count). The lowest BCUT2D eigenvalue weighted by Crippen LogP contribution is -2.13. The number of furan rings is 1. The van der Waals surface area contributed by atoms with E-state index < -0.39 is 11.2 Å². The molecule has 0 aliphatic carbocycles. The maximum absolute atomic E-state index is 11.1. The van der Waals surface area contributed by atoms with Crippen LogP contribution in [0, 0.1) is 0 Å². The zero-order chi connectivity index (χ0) is 16.2. The van der Waals surface area contributed by atoms with Gasteiger partial charge in [0.25, 0.3) is 0 Å². The summed E-state index contributed by atoms with van der Waals surface area (Å²) in [5.74, 6) is 0.297. The van der Waals surface area contributed by atoms with Gasteiger partial charge in [0, 0.05) is 0 Å². The molecule has 0 spiro atoms. The van der Waals surface area contributed by atoms with E-state index in [1.807, 2.05) is 34.9 Å². The third kappa shape index (κ3) is 3.45. The van der Waals surface area contributed by atoms with Crippen LogP contribution < -0.4 is 0 Å². The highest BCUT2D eigenvalue weighted by molar-refractivity contribution is 8.00. The molecule has 1 N–H and O–H groups in total. The Hall–Kier alpha value is -2.54. The largest absolute Gasteiger partial charge is 0.480 e. The number of hydrogen-bond acceptors (Lipinski definition) is 5. The third-order valence-corrected chi connectivity index (χ3v) is 4.34. The minimum Gasteiger partial charge on any atom is -0.480 e. The van der Waals surface area contributed by atoms with E-state index in [2.05, 4.69) is 10.2 Å². The lowest BCUT2D eigenvalue weighted by molar-refractivity contribution is -0.136. The number of carboxylic acid groups (broad SMARTS) is 1. The van der Waals surface area contributed by atoms with Crippen LogP contribution in [-0.2, 0) is 11.3 Å². The minimum absolute atomic E-state index is 0.540. The van der Waals surface area contributed by atoms with Gasteiger partial charge < -0.3 is 9.52 Å². The van der Waals surface area contributed by atoms with Crippen LogP contribution in [0.25, 0.3) is 11.6 Å². The maximum Gasteiger partial charge on any atom is 0.316 e. The SMILES string of the molecule is C[C@H](Sc1nnc(-c2ccco2)n1Cc1ccccc1)C(=O)O. The Labute approximate surface area is 137 Å². The molecule has 0 saturated heterocycles. The fourth-order valence-electron chi connectivity index (χ4n) is 2.08. The topological polar surface area (TPSA) is 81.2 Å². The number of rotatable bonds is 6. The predicted molar refractivity (Wildman–Crippen MR) is 86.2 cm³/mol. The fourth-order valence-corrected chi connectivity index (χ4v) is 2.86. The molecule has 0 bridgehead atoms. The van der Waals surface area contributed by atoms with E-state index >= 15 is 0 Å². The molecule has 6 nitrogen and oxygen atoms in total. The molecule has 118 valence electrons. The number of carboxylic acids is 1. The molecule has 2 aromatic heterocycles. The standard InChI is InChI=1S/C16H15N3O3S/c1-11(15(20)21)23-16-18-17-14(13-8-5-9-22-13)19(16)10-12-6-3-2-4-7-12/h2-9,11H,10H2,1H3,(H,20,21)/t11-/m0/s1. The molecule has 0 aliphatic rings. The zero-order valence-corrected chi connectivity index (χ0v) is 13.2. The van der Waals surface area contributed by atoms with E-state index in [-0.39, 0.29) is 0 Å². The zero-order valence-electron chi connectivity index (χ0n) is 12.4. The van der Waals surface area contributed by atoms with E-state index in [0.717, 1.165) is 17.3 Å². The number of aliphatic carboxylic acids is 1. The number of nitrogens with zero attached hydrogens (tertiary/aromatic N) is 3. The second-order valence-corrected chi connectivity index (χ2v) is 6.26. The van der Waals surface area contributed by atoms with Gasteiger partial charge in [-0.3, -0.25) is 9.36 Å². The van der Waals surface area contributed by atoms with Crippen LogP contribution in [0.2, 0.25) is 0 Å². The molecule has 0 unspecified atom stereocenters. The molecule has 1 aromatic carbocycles. The monoisotopic (exact) mass is 329 g/mol. The van der Waals surface area contributed by atoms with Crippen molar-refractivity contribution in [1.82, 2.24) is 14.8 Å². The van der Waals surface area contributed by atoms with Gasteiger partial charge in [-0.2, -0.15) is 0 Å². The van der Waals surface area contributed by atoms with Gasteiger partial charge in [-0.05, 0) is 24.6 Å². The number of aromatic nitrogens is 3. The van der Waals surface area contributed by atoms with Crippen molar-refractivity contribution in [3.05, 3.63) is 54.3 Å². The molecular weight excluding hydrogens is 314 g/mol. The van der Waals surface area contributed by atoms with Gasteiger partial charge in [-0.25, -0.2) is 0 Å². The molecule has 23 heavy (non-hydrogen) atoms. The summed E-state index contributed by atoms with van der Waals surface area (Å²) < 4.78 is 7.29. The molecular formula is C16H15N3O3S. The highest BCUT2D eigenvalue weighted by Gasteiger charge is 2.21. The van der Waals surface area contributed by atoms with Gasteiger partial charge in [0.1, 0.15) is 5.25 Å². The van der Waals surface area contributed by atoms with Crippen molar-refractivity contribution in [1.29, 1.82) is 0 Å². The van der Waals surface area contributed by atoms with Crippen LogP contribution >= 0.6 is 11.8 Å². The first-order chi connectivity index (χ1) is 11.1. The van der Waals surface area contributed by atoms with E-state index in [1.54, 1.807) is 25.3 Å². The van der Waals surface area contributed by atoms with Gasteiger partial charge in [-0.1, -0.05) is 42.1 Å². The average molecular weight is 329 g/mol. The Morgan fingerprint density at radius 2 is 2.04 bits per heavy atom. The van der Waals surface area contributed by atoms with Crippen LogP contribution in [0.15, 0.2) is 58.3 Å².